The molecule has 0 aliphatic heterocycles. The number of hydrogen-bond donors (Lipinski definition) is 4. The number of carboxylic acid groups (broad SMARTS) is 1. The summed E-state index contributed by atoms with van der Waals surface area (Å²) >= 11 is 0. The van der Waals surface area contributed by atoms with E-state index in [-0.39, 0.29) is 0 Å². The molecule has 0 aliphatic rings. The molecule has 1 aromatic carbocycles. The van der Waals surface area contributed by atoms with Gasteiger partial charge in [-0.05, 0) is 6.07 Å². The molecule has 0 fully saturated rings. The molecule has 1 amide bonds. The molecule has 0 radical (unpaired) electrons. The Balaban J connectivity index is 3.06. The van der Waals surface area contributed by atoms with Crippen LogP contribution in [0.3, 0.4) is 0 Å². The zero-order valence-electron chi connectivity index (χ0n) is 9.21. The summed E-state index contributed by atoms with van der Waals surface area (Å²) in [6.45, 7) is 0. The van der Waals surface area contributed by atoms with E-state index in [0.717, 1.165) is 12.1 Å². The van der Waals surface area contributed by atoms with Gasteiger partial charge in [0.05, 0.1) is 18.1 Å². The smallest absolute Gasteiger partial charge is 0.338 e. The predicted molar refractivity (Wildman–Crippen MR) is 58.1 cm³/mol. The van der Waals surface area contributed by atoms with Crippen molar-refractivity contribution in [2.24, 2.45) is 5.73 Å². The molecule has 1 aromatic rings. The van der Waals surface area contributed by atoms with Crippen LogP contribution >= 0.6 is 0 Å². The second kappa shape index (κ2) is 5.56. The number of primary amides is 1. The minimum absolute atomic E-state index is 0.399. The number of rotatable bonds is 5. The Labute approximate surface area is 101 Å². The summed E-state index contributed by atoms with van der Waals surface area (Å²) in [5.41, 5.74) is 3.80. The Morgan fingerprint density at radius 1 is 1.33 bits per heavy atom. The lowest BCUT2D eigenvalue weighted by Gasteiger charge is -2.18. The number of benzene rings is 1. The molecule has 5 N–H and O–H groups in total. The Bertz CT molecular complexity index is 477. The van der Waals surface area contributed by atoms with Crippen LogP contribution in [-0.4, -0.2) is 33.3 Å². The van der Waals surface area contributed by atoms with Crippen LogP contribution in [0.5, 0.6) is 0 Å². The molecule has 0 bridgehead atoms. The van der Waals surface area contributed by atoms with Gasteiger partial charge in [-0.2, -0.15) is 0 Å². The number of aliphatic hydroxyl groups excluding tert-OH is 2. The predicted octanol–water partition coefficient (Wildman–Crippen LogP) is -0.206. The number of hydrogen-bond acceptors (Lipinski definition) is 4. The lowest BCUT2D eigenvalue weighted by Crippen LogP contribution is -2.26. The van der Waals surface area contributed by atoms with Crippen molar-refractivity contribution < 1.29 is 29.3 Å². The van der Waals surface area contributed by atoms with E-state index in [4.69, 9.17) is 10.8 Å². The molecule has 0 saturated heterocycles. The maximum absolute atomic E-state index is 13.7. The van der Waals surface area contributed by atoms with E-state index in [2.05, 4.69) is 0 Å². The average molecular weight is 257 g/mol. The minimum Gasteiger partial charge on any atom is -0.478 e. The lowest BCUT2D eigenvalue weighted by atomic mass is 9.99. The van der Waals surface area contributed by atoms with Gasteiger partial charge in [-0.25, -0.2) is 9.18 Å². The van der Waals surface area contributed by atoms with Crippen LogP contribution in [0.2, 0.25) is 0 Å². The molecule has 2 unspecified atom stereocenters. The van der Waals surface area contributed by atoms with E-state index >= 15 is 0 Å². The molecule has 7 heteroatoms. The average Bonchev–Trinajstić information content (AvgIpc) is 2.27. The SMILES string of the molecule is NC(=O)CC(O)C(O)c1cccc(C(=O)O)c1F. The van der Waals surface area contributed by atoms with E-state index in [1.165, 1.54) is 6.07 Å². The van der Waals surface area contributed by atoms with Crippen LogP contribution in [0.4, 0.5) is 4.39 Å². The largest absolute Gasteiger partial charge is 0.478 e. The van der Waals surface area contributed by atoms with Crippen molar-refractivity contribution in [3.8, 4) is 0 Å². The molecule has 2 atom stereocenters. The second-order valence-electron chi connectivity index (χ2n) is 3.70. The summed E-state index contributed by atoms with van der Waals surface area (Å²) < 4.78 is 13.7. The van der Waals surface area contributed by atoms with Crippen LogP contribution in [-0.2, 0) is 4.79 Å². The van der Waals surface area contributed by atoms with E-state index in [0.29, 0.717) is 0 Å². The third-order valence-corrected chi connectivity index (χ3v) is 2.35. The molecule has 0 heterocycles. The summed E-state index contributed by atoms with van der Waals surface area (Å²) in [6, 6.07) is 3.37. The van der Waals surface area contributed by atoms with Gasteiger partial charge in [0.25, 0.3) is 0 Å². The molecule has 0 aromatic heterocycles. The van der Waals surface area contributed by atoms with Crippen molar-refractivity contribution in [2.45, 2.75) is 18.6 Å². The molecular formula is C11H12FNO5. The highest BCUT2D eigenvalue weighted by Crippen LogP contribution is 2.24. The number of nitrogens with two attached hydrogens (primary N) is 1. The van der Waals surface area contributed by atoms with Gasteiger partial charge in [-0.15, -0.1) is 0 Å². The van der Waals surface area contributed by atoms with Gasteiger partial charge in [0.15, 0.2) is 0 Å². The maximum atomic E-state index is 13.7. The molecule has 0 aliphatic carbocycles. The lowest BCUT2D eigenvalue weighted by molar-refractivity contribution is -0.121. The Kier molecular flexibility index (Phi) is 4.35. The standard InChI is InChI=1S/C11H12FNO5/c12-9-5(2-1-3-6(9)11(17)18)10(16)7(14)4-8(13)15/h1-3,7,10,14,16H,4H2,(H2,13,15)(H,17,18). The Hall–Kier alpha value is -1.99. The molecule has 6 nitrogen and oxygen atoms in total. The highest BCUT2D eigenvalue weighted by molar-refractivity contribution is 5.88. The van der Waals surface area contributed by atoms with E-state index < -0.39 is 47.4 Å². The van der Waals surface area contributed by atoms with Crippen LogP contribution in [0.25, 0.3) is 0 Å². The van der Waals surface area contributed by atoms with Gasteiger partial charge >= 0.3 is 5.97 Å². The van der Waals surface area contributed by atoms with Crippen molar-refractivity contribution >= 4 is 11.9 Å². The number of carbonyl (C=O) groups excluding carboxylic acids is 1. The summed E-state index contributed by atoms with van der Waals surface area (Å²) in [4.78, 5) is 21.3. The fourth-order valence-electron chi connectivity index (χ4n) is 1.47. The number of carbonyl (C=O) groups is 2. The van der Waals surface area contributed by atoms with Gasteiger partial charge in [0, 0.05) is 5.56 Å². The molecule has 0 spiro atoms. The molecule has 18 heavy (non-hydrogen) atoms. The van der Waals surface area contributed by atoms with Crippen molar-refractivity contribution in [1.29, 1.82) is 0 Å². The van der Waals surface area contributed by atoms with Gasteiger partial charge in [-0.1, -0.05) is 12.1 Å². The monoisotopic (exact) mass is 257 g/mol. The topological polar surface area (TPSA) is 121 Å². The van der Waals surface area contributed by atoms with Crippen LogP contribution in [0.1, 0.15) is 28.4 Å². The highest BCUT2D eigenvalue weighted by atomic mass is 19.1. The number of carboxylic acids is 1. The summed E-state index contributed by atoms with van der Waals surface area (Å²) in [5.74, 6) is -3.51. The Morgan fingerprint density at radius 2 is 1.94 bits per heavy atom. The van der Waals surface area contributed by atoms with Crippen LogP contribution in [0.15, 0.2) is 18.2 Å². The third kappa shape index (κ3) is 3.02. The first kappa shape index (κ1) is 14.1. The van der Waals surface area contributed by atoms with Crippen molar-refractivity contribution in [2.75, 3.05) is 0 Å². The highest BCUT2D eigenvalue weighted by Gasteiger charge is 2.25. The summed E-state index contributed by atoms with van der Waals surface area (Å²) in [7, 11) is 0. The van der Waals surface area contributed by atoms with Crippen LogP contribution in [0, 0.1) is 5.82 Å². The zero-order valence-corrected chi connectivity index (χ0v) is 9.21. The Morgan fingerprint density at radius 3 is 2.44 bits per heavy atom. The molecule has 98 valence electrons. The van der Waals surface area contributed by atoms with Crippen molar-refractivity contribution in [3.63, 3.8) is 0 Å². The fraction of sp³-hybridized carbons (Fsp3) is 0.273. The number of halogens is 1. The van der Waals surface area contributed by atoms with Gasteiger partial charge in [-0.3, -0.25) is 4.79 Å². The zero-order chi connectivity index (χ0) is 13.9. The minimum atomic E-state index is -1.73. The first-order valence-corrected chi connectivity index (χ1v) is 5.00. The first-order chi connectivity index (χ1) is 8.34. The normalized spacial score (nSPS) is 13.9. The quantitative estimate of drug-likeness (QED) is 0.581. The summed E-state index contributed by atoms with van der Waals surface area (Å²) in [5, 5.41) is 27.8. The van der Waals surface area contributed by atoms with E-state index in [1.54, 1.807) is 0 Å². The molecular weight excluding hydrogens is 245 g/mol. The third-order valence-electron chi connectivity index (χ3n) is 2.35. The van der Waals surface area contributed by atoms with Gasteiger partial charge in [0.1, 0.15) is 11.9 Å². The van der Waals surface area contributed by atoms with E-state index in [1.807, 2.05) is 0 Å². The van der Waals surface area contributed by atoms with E-state index in [9.17, 15) is 24.2 Å². The van der Waals surface area contributed by atoms with Crippen molar-refractivity contribution in [1.82, 2.24) is 0 Å². The number of aromatic carboxylic acids is 1. The molecule has 0 saturated carbocycles. The summed E-state index contributed by atoms with van der Waals surface area (Å²) in [6.07, 6.45) is -3.88. The fourth-order valence-corrected chi connectivity index (χ4v) is 1.47. The molecule has 1 rings (SSSR count). The van der Waals surface area contributed by atoms with Crippen LogP contribution < -0.4 is 5.73 Å². The van der Waals surface area contributed by atoms with Crippen molar-refractivity contribution in [3.05, 3.63) is 35.1 Å². The number of amides is 1. The number of aliphatic hydroxyl groups is 2. The van der Waals surface area contributed by atoms with Gasteiger partial charge < -0.3 is 21.1 Å². The second-order valence-corrected chi connectivity index (χ2v) is 3.70. The van der Waals surface area contributed by atoms with Gasteiger partial charge in [0.2, 0.25) is 5.91 Å². The maximum Gasteiger partial charge on any atom is 0.338 e. The first-order valence-electron chi connectivity index (χ1n) is 5.00.